The minimum atomic E-state index is -4.36. The van der Waals surface area contributed by atoms with E-state index in [-0.39, 0.29) is 17.1 Å². The first kappa shape index (κ1) is 20.0. The Morgan fingerprint density at radius 2 is 1.29 bits per heavy atom. The molecule has 0 spiro atoms. The Hall–Kier alpha value is 0.669. The maximum Gasteiger partial charge on any atom is 2.00 e. The second kappa shape index (κ2) is 11.7. The van der Waals surface area contributed by atoms with Crippen molar-refractivity contribution in [2.75, 3.05) is 0 Å². The quantitative estimate of drug-likeness (QED) is 0.354. The minimum Gasteiger partial charge on any atom is -0.811 e. The molecule has 0 bridgehead atoms. The van der Waals surface area contributed by atoms with E-state index in [0.29, 0.717) is 12.8 Å². The van der Waals surface area contributed by atoms with Crippen molar-refractivity contribution in [2.24, 2.45) is 0 Å². The van der Waals surface area contributed by atoms with E-state index in [1.165, 1.54) is 0 Å². The second-order valence-corrected chi connectivity index (χ2v) is 6.35. The summed E-state index contributed by atoms with van der Waals surface area (Å²) in [7, 11) is -4.36. The van der Waals surface area contributed by atoms with Crippen molar-refractivity contribution in [1.82, 2.24) is 0 Å². The summed E-state index contributed by atoms with van der Waals surface area (Å²) in [6.07, 6.45) is 8.24. The third-order valence-electron chi connectivity index (χ3n) is 2.98. The first-order chi connectivity index (χ1) is 7.52. The number of hydrogen-bond acceptors (Lipinski definition) is 3. The summed E-state index contributed by atoms with van der Waals surface area (Å²) in [5.41, 5.74) is -0.615. The van der Waals surface area contributed by atoms with Crippen molar-refractivity contribution in [3.8, 4) is 0 Å². The van der Waals surface area contributed by atoms with Crippen LogP contribution in [-0.4, -0.2) is 5.66 Å². The average molecular weight is 304 g/mol. The second-order valence-electron chi connectivity index (χ2n) is 4.54. The Labute approximate surface area is 116 Å². The molecule has 0 rings (SSSR count). The predicted octanol–water partition coefficient (Wildman–Crippen LogP) is 2.82. The van der Waals surface area contributed by atoms with Crippen LogP contribution < -0.4 is 9.79 Å². The maximum absolute atomic E-state index is 11.1. The Bertz CT molecular complexity index is 206. The third-order valence-corrected chi connectivity index (χ3v) is 4.39. The molecule has 0 aromatic heterocycles. The van der Waals surface area contributed by atoms with Gasteiger partial charge in [0, 0.05) is 0 Å². The van der Waals surface area contributed by atoms with Gasteiger partial charge in [-0.15, -0.1) is 0 Å². The van der Waals surface area contributed by atoms with Crippen molar-refractivity contribution in [3.05, 3.63) is 0 Å². The van der Waals surface area contributed by atoms with Gasteiger partial charge in [-0.25, -0.2) is 0 Å². The monoisotopic (exact) mass is 304 g/mol. The minimum absolute atomic E-state index is 0. The van der Waals surface area contributed by atoms with Gasteiger partial charge in [0.2, 0.25) is 0 Å². The van der Waals surface area contributed by atoms with E-state index in [1.807, 2.05) is 0 Å². The normalized spacial score (nSPS) is 13.2. The summed E-state index contributed by atoms with van der Waals surface area (Å²) >= 11 is 0. The molecule has 0 aliphatic rings. The Kier molecular flexibility index (Phi) is 13.8. The summed E-state index contributed by atoms with van der Waals surface area (Å²) in [5, 5.41) is 0. The summed E-state index contributed by atoms with van der Waals surface area (Å²) in [5.74, 6) is 0. The molecule has 0 saturated heterocycles. The zero-order valence-corrected chi connectivity index (χ0v) is 13.0. The van der Waals surface area contributed by atoms with Gasteiger partial charge in [-0.3, -0.25) is 0 Å². The molecule has 0 aliphatic carbocycles. The van der Waals surface area contributed by atoms with Crippen LogP contribution in [0.2, 0.25) is 0 Å². The van der Waals surface area contributed by atoms with Gasteiger partial charge in [0.1, 0.15) is 0 Å². The van der Waals surface area contributed by atoms with Crippen LogP contribution in [0.4, 0.5) is 0 Å². The maximum atomic E-state index is 11.1. The molecule has 17 heavy (non-hydrogen) atoms. The summed E-state index contributed by atoms with van der Waals surface area (Å²) in [6.45, 7) is 4.19. The van der Waals surface area contributed by atoms with Crippen molar-refractivity contribution >= 4 is 7.60 Å². The smallest absolute Gasteiger partial charge is 0.811 e. The number of rotatable bonds is 10. The zero-order valence-electron chi connectivity index (χ0n) is 11.0. The number of unbranched alkanes of at least 4 members (excludes halogenated alkanes) is 5. The van der Waals surface area contributed by atoms with E-state index in [0.717, 1.165) is 44.9 Å². The van der Waals surface area contributed by atoms with Gasteiger partial charge >= 0.3 is 17.1 Å². The molecule has 1 unspecified atom stereocenters. The topological polar surface area (TPSA) is 63.2 Å². The van der Waals surface area contributed by atoms with Crippen LogP contribution in [0.1, 0.15) is 71.6 Å². The van der Waals surface area contributed by atoms with E-state index < -0.39 is 13.3 Å². The Morgan fingerprint density at radius 1 is 0.882 bits per heavy atom. The van der Waals surface area contributed by atoms with Crippen LogP contribution in [0.25, 0.3) is 0 Å². The molecule has 0 aromatic carbocycles. The number of hydrogen-bond donors (Lipinski definition) is 0. The molecular weight excluding hydrogens is 279 g/mol. The van der Waals surface area contributed by atoms with Gasteiger partial charge < -0.3 is 14.4 Å². The van der Waals surface area contributed by atoms with Gasteiger partial charge in [-0.05, 0) is 18.5 Å². The van der Waals surface area contributed by atoms with Crippen LogP contribution in [0.3, 0.4) is 0 Å². The van der Waals surface area contributed by atoms with E-state index in [1.54, 1.807) is 0 Å². The van der Waals surface area contributed by atoms with E-state index in [9.17, 15) is 14.4 Å². The van der Waals surface area contributed by atoms with Crippen molar-refractivity contribution in [3.63, 3.8) is 0 Å². The first-order valence-electron chi connectivity index (χ1n) is 6.54. The van der Waals surface area contributed by atoms with Crippen LogP contribution in [0, 0.1) is 0 Å². The molecule has 0 aliphatic heterocycles. The molecular formula is C12H25FeO3P. The summed E-state index contributed by atoms with van der Waals surface area (Å²) in [4.78, 5) is 22.1. The molecule has 104 valence electrons. The van der Waals surface area contributed by atoms with Crippen LogP contribution in [0.5, 0.6) is 0 Å². The fraction of sp³-hybridized carbons (Fsp3) is 1.00. The summed E-state index contributed by atoms with van der Waals surface area (Å²) < 4.78 is 11.1. The van der Waals surface area contributed by atoms with Crippen molar-refractivity contribution in [1.29, 1.82) is 0 Å². The van der Waals surface area contributed by atoms with E-state index in [4.69, 9.17) is 0 Å². The molecule has 0 radical (unpaired) electrons. The molecule has 1 atom stereocenters. The van der Waals surface area contributed by atoms with Crippen molar-refractivity contribution < 1.29 is 31.4 Å². The van der Waals surface area contributed by atoms with E-state index in [2.05, 4.69) is 13.8 Å². The fourth-order valence-corrected chi connectivity index (χ4v) is 2.89. The molecule has 0 aromatic rings. The van der Waals surface area contributed by atoms with Crippen LogP contribution in [-0.2, 0) is 21.6 Å². The molecule has 0 fully saturated rings. The van der Waals surface area contributed by atoms with Gasteiger partial charge in [0.15, 0.2) is 0 Å². The van der Waals surface area contributed by atoms with Crippen LogP contribution >= 0.6 is 7.60 Å². The van der Waals surface area contributed by atoms with E-state index >= 15 is 0 Å². The largest absolute Gasteiger partial charge is 2.00 e. The van der Waals surface area contributed by atoms with Gasteiger partial charge in [0.25, 0.3) is 0 Å². The molecule has 0 heterocycles. The first-order valence-corrected chi connectivity index (χ1v) is 8.15. The molecule has 3 nitrogen and oxygen atoms in total. The SMILES string of the molecule is CCCCCCC(CCCCC)P(=O)([O-])[O-].[Fe+2]. The van der Waals surface area contributed by atoms with Crippen LogP contribution in [0.15, 0.2) is 0 Å². The molecule has 0 N–H and O–H groups in total. The molecule has 0 saturated carbocycles. The van der Waals surface area contributed by atoms with Crippen molar-refractivity contribution in [2.45, 2.75) is 77.3 Å². The molecule has 5 heteroatoms. The van der Waals surface area contributed by atoms with Gasteiger partial charge in [0.05, 0.1) is 0 Å². The Balaban J connectivity index is 0. The van der Waals surface area contributed by atoms with Gasteiger partial charge in [-0.1, -0.05) is 66.4 Å². The standard InChI is InChI=1S/C12H27O3P.Fe/c1-3-5-7-9-11-12(16(13,14)15)10-8-6-4-2;/h12H,3-11H2,1-2H3,(H2,13,14,15);/q;+2/p-2. The Morgan fingerprint density at radius 3 is 1.71 bits per heavy atom. The third kappa shape index (κ3) is 11.5. The molecule has 0 amide bonds. The summed E-state index contributed by atoms with van der Waals surface area (Å²) in [6, 6.07) is 0. The predicted molar refractivity (Wildman–Crippen MR) is 64.3 cm³/mol. The zero-order chi connectivity index (χ0) is 12.4. The van der Waals surface area contributed by atoms with Gasteiger partial charge in [-0.2, -0.15) is 0 Å². The average Bonchev–Trinajstić information content (AvgIpc) is 2.20. The fourth-order valence-electron chi connectivity index (χ4n) is 1.90.